The summed E-state index contributed by atoms with van der Waals surface area (Å²) >= 11 is 12.3. The van der Waals surface area contributed by atoms with Crippen LogP contribution in [0.5, 0.6) is 5.75 Å². The van der Waals surface area contributed by atoms with Crippen LogP contribution in [0.3, 0.4) is 0 Å². The van der Waals surface area contributed by atoms with Gasteiger partial charge in [0.2, 0.25) is 0 Å². The molecular weight excluding hydrogens is 403 g/mol. The number of para-hydroxylation sites is 1. The Labute approximate surface area is 172 Å². The Hall–Kier alpha value is -3.01. The molecular formula is C20H16Cl2N2O4. The molecule has 8 heteroatoms. The number of nitriles is 1. The van der Waals surface area contributed by atoms with Gasteiger partial charge in [0.05, 0.1) is 16.7 Å². The minimum Gasteiger partial charge on any atom is -0.479 e. The summed E-state index contributed by atoms with van der Waals surface area (Å²) in [4.78, 5) is 23.7. The monoisotopic (exact) mass is 418 g/mol. The molecule has 0 aromatic heterocycles. The molecule has 0 bridgehead atoms. The molecule has 2 rings (SSSR count). The van der Waals surface area contributed by atoms with Crippen molar-refractivity contribution in [2.24, 2.45) is 0 Å². The minimum absolute atomic E-state index is 0.112. The number of carbonyl (C=O) groups excluding carboxylic acids is 2. The van der Waals surface area contributed by atoms with E-state index in [9.17, 15) is 14.9 Å². The van der Waals surface area contributed by atoms with Crippen molar-refractivity contribution in [1.82, 2.24) is 0 Å². The van der Waals surface area contributed by atoms with E-state index in [1.54, 1.807) is 31.2 Å². The smallest absolute Gasteiger partial charge is 0.344 e. The predicted octanol–water partition coefficient (Wildman–Crippen LogP) is 4.48. The van der Waals surface area contributed by atoms with Crippen molar-refractivity contribution < 1.29 is 19.1 Å². The molecule has 0 saturated carbocycles. The van der Waals surface area contributed by atoms with Gasteiger partial charge in [-0.3, -0.25) is 4.79 Å². The van der Waals surface area contributed by atoms with Crippen LogP contribution in [0.25, 0.3) is 6.08 Å². The lowest BCUT2D eigenvalue weighted by molar-refractivity contribution is -0.145. The van der Waals surface area contributed by atoms with Crippen LogP contribution in [0.2, 0.25) is 10.0 Å². The molecule has 0 aliphatic carbocycles. The lowest BCUT2D eigenvalue weighted by atomic mass is 10.1. The summed E-state index contributed by atoms with van der Waals surface area (Å²) in [6.07, 6.45) is 1.35. The quantitative estimate of drug-likeness (QED) is 0.406. The first-order valence-electron chi connectivity index (χ1n) is 8.20. The topological polar surface area (TPSA) is 88.4 Å². The fraction of sp³-hybridized carbons (Fsp3) is 0.150. The van der Waals surface area contributed by atoms with E-state index in [4.69, 9.17) is 32.7 Å². The van der Waals surface area contributed by atoms with Crippen molar-refractivity contribution in [2.45, 2.75) is 6.92 Å². The average Bonchev–Trinajstić information content (AvgIpc) is 2.66. The van der Waals surface area contributed by atoms with Gasteiger partial charge in [0, 0.05) is 5.69 Å². The highest BCUT2D eigenvalue weighted by Crippen LogP contribution is 2.35. The Bertz CT molecular complexity index is 914. The van der Waals surface area contributed by atoms with Crippen LogP contribution in [-0.4, -0.2) is 25.1 Å². The molecule has 0 spiro atoms. The summed E-state index contributed by atoms with van der Waals surface area (Å²) in [5.74, 6) is -1.01. The number of halogens is 2. The van der Waals surface area contributed by atoms with Crippen LogP contribution in [0.4, 0.5) is 5.69 Å². The van der Waals surface area contributed by atoms with E-state index in [2.05, 4.69) is 5.32 Å². The Morgan fingerprint density at radius 2 is 1.82 bits per heavy atom. The van der Waals surface area contributed by atoms with E-state index < -0.39 is 11.9 Å². The molecule has 0 fully saturated rings. The molecule has 0 radical (unpaired) electrons. The lowest BCUT2D eigenvalue weighted by Gasteiger charge is -2.10. The van der Waals surface area contributed by atoms with Gasteiger partial charge in [-0.15, -0.1) is 0 Å². The molecule has 144 valence electrons. The highest BCUT2D eigenvalue weighted by molar-refractivity contribution is 6.37. The molecule has 0 atom stereocenters. The van der Waals surface area contributed by atoms with Gasteiger partial charge in [0.25, 0.3) is 5.91 Å². The van der Waals surface area contributed by atoms with Crippen molar-refractivity contribution in [3.05, 3.63) is 63.6 Å². The van der Waals surface area contributed by atoms with Crippen molar-refractivity contribution in [2.75, 3.05) is 18.5 Å². The van der Waals surface area contributed by atoms with Crippen molar-refractivity contribution in [3.63, 3.8) is 0 Å². The summed E-state index contributed by atoms with van der Waals surface area (Å²) < 4.78 is 10.1. The summed E-state index contributed by atoms with van der Waals surface area (Å²) in [5, 5.41) is 12.2. The van der Waals surface area contributed by atoms with Crippen LogP contribution < -0.4 is 10.1 Å². The zero-order chi connectivity index (χ0) is 20.5. The van der Waals surface area contributed by atoms with Crippen LogP contribution in [-0.2, 0) is 14.3 Å². The second-order valence-corrected chi connectivity index (χ2v) is 6.21. The number of nitrogens with one attached hydrogen (secondary N) is 1. The van der Waals surface area contributed by atoms with Crippen molar-refractivity contribution in [1.29, 1.82) is 5.26 Å². The zero-order valence-corrected chi connectivity index (χ0v) is 16.4. The van der Waals surface area contributed by atoms with Gasteiger partial charge < -0.3 is 14.8 Å². The number of rotatable bonds is 7. The molecule has 28 heavy (non-hydrogen) atoms. The number of carbonyl (C=O) groups is 2. The highest BCUT2D eigenvalue weighted by atomic mass is 35.5. The van der Waals surface area contributed by atoms with E-state index in [0.717, 1.165) is 0 Å². The molecule has 0 unspecified atom stereocenters. The lowest BCUT2D eigenvalue weighted by Crippen LogP contribution is -2.15. The molecule has 2 aromatic rings. The van der Waals surface area contributed by atoms with Gasteiger partial charge in [0.1, 0.15) is 11.6 Å². The van der Waals surface area contributed by atoms with E-state index >= 15 is 0 Å². The van der Waals surface area contributed by atoms with E-state index in [-0.39, 0.29) is 34.6 Å². The number of ether oxygens (including phenoxy) is 2. The molecule has 1 amide bonds. The summed E-state index contributed by atoms with van der Waals surface area (Å²) in [5.41, 5.74) is 0.863. The fourth-order valence-corrected chi connectivity index (χ4v) is 2.78. The molecule has 1 N–H and O–H groups in total. The Morgan fingerprint density at radius 3 is 2.39 bits per heavy atom. The Balaban J connectivity index is 2.18. The van der Waals surface area contributed by atoms with Crippen LogP contribution >= 0.6 is 23.2 Å². The van der Waals surface area contributed by atoms with E-state index in [1.807, 2.05) is 12.1 Å². The van der Waals surface area contributed by atoms with Crippen LogP contribution in [0.15, 0.2) is 48.0 Å². The summed E-state index contributed by atoms with van der Waals surface area (Å²) in [6, 6.07) is 13.5. The third-order valence-electron chi connectivity index (χ3n) is 3.37. The molecule has 0 saturated heterocycles. The molecule has 6 nitrogen and oxygen atoms in total. The van der Waals surface area contributed by atoms with E-state index in [1.165, 1.54) is 18.2 Å². The average molecular weight is 419 g/mol. The number of nitrogens with zero attached hydrogens (tertiary/aromatic N) is 1. The highest BCUT2D eigenvalue weighted by Gasteiger charge is 2.14. The van der Waals surface area contributed by atoms with Gasteiger partial charge in [-0.05, 0) is 42.8 Å². The van der Waals surface area contributed by atoms with Crippen molar-refractivity contribution in [3.8, 4) is 11.8 Å². The number of anilines is 1. The Morgan fingerprint density at radius 1 is 1.18 bits per heavy atom. The maximum atomic E-state index is 12.3. The standard InChI is InChI=1S/C20H16Cl2N2O4/c1-2-27-18(25)12-28-19-16(21)9-13(10-17(19)22)8-14(11-23)20(26)24-15-6-4-3-5-7-15/h3-10H,2,12H2,1H3,(H,24,26)/b14-8-. The second-order valence-electron chi connectivity index (χ2n) is 5.40. The Kier molecular flexibility index (Phi) is 7.88. The molecule has 0 heterocycles. The first kappa shape index (κ1) is 21.3. The molecule has 2 aromatic carbocycles. The summed E-state index contributed by atoms with van der Waals surface area (Å²) in [7, 11) is 0. The van der Waals surface area contributed by atoms with Gasteiger partial charge >= 0.3 is 5.97 Å². The summed E-state index contributed by atoms with van der Waals surface area (Å²) in [6.45, 7) is 1.57. The number of hydrogen-bond acceptors (Lipinski definition) is 5. The normalized spacial score (nSPS) is 10.7. The number of amides is 1. The zero-order valence-electron chi connectivity index (χ0n) is 14.9. The number of benzene rings is 2. The van der Waals surface area contributed by atoms with Gasteiger partial charge in [-0.2, -0.15) is 5.26 Å². The number of hydrogen-bond donors (Lipinski definition) is 1. The second kappa shape index (κ2) is 10.4. The maximum absolute atomic E-state index is 12.3. The largest absolute Gasteiger partial charge is 0.479 e. The van der Waals surface area contributed by atoms with Gasteiger partial charge in [-0.1, -0.05) is 41.4 Å². The van der Waals surface area contributed by atoms with Gasteiger partial charge in [0.15, 0.2) is 12.4 Å². The third-order valence-corrected chi connectivity index (χ3v) is 3.93. The molecule has 0 aliphatic heterocycles. The fourth-order valence-electron chi connectivity index (χ4n) is 2.17. The van der Waals surface area contributed by atoms with Crippen LogP contribution in [0, 0.1) is 11.3 Å². The predicted molar refractivity (Wildman–Crippen MR) is 107 cm³/mol. The first-order valence-corrected chi connectivity index (χ1v) is 8.95. The maximum Gasteiger partial charge on any atom is 0.344 e. The number of esters is 1. The van der Waals surface area contributed by atoms with E-state index in [0.29, 0.717) is 11.3 Å². The van der Waals surface area contributed by atoms with Crippen LogP contribution in [0.1, 0.15) is 12.5 Å². The third kappa shape index (κ3) is 6.02. The SMILES string of the molecule is CCOC(=O)COc1c(Cl)cc(/C=C(/C#N)C(=O)Nc2ccccc2)cc1Cl. The van der Waals surface area contributed by atoms with Gasteiger partial charge in [-0.25, -0.2) is 4.79 Å². The van der Waals surface area contributed by atoms with Crippen molar-refractivity contribution >= 4 is 46.8 Å². The first-order chi connectivity index (χ1) is 13.4. The minimum atomic E-state index is -0.566. The molecule has 0 aliphatic rings.